The quantitative estimate of drug-likeness (QED) is 0.0203. The number of methoxy groups -OCH3 is 1. The predicted molar refractivity (Wildman–Crippen MR) is 290 cm³/mol. The fourth-order valence-corrected chi connectivity index (χ4v) is 12.6. The lowest BCUT2D eigenvalue weighted by Gasteiger charge is -2.30. The van der Waals surface area contributed by atoms with Crippen molar-refractivity contribution in [2.24, 2.45) is 5.92 Å². The second kappa shape index (κ2) is 25.1. The van der Waals surface area contributed by atoms with E-state index in [0.717, 1.165) is 36.7 Å². The Bertz CT molecular complexity index is 2990. The Labute approximate surface area is 451 Å². The first kappa shape index (κ1) is 55.8. The van der Waals surface area contributed by atoms with Crippen LogP contribution < -0.4 is 46.1 Å². The molecule has 7 N–H and O–H groups in total. The molecule has 22 heteroatoms. The molecule has 4 fully saturated rings. The molecule has 8 rings (SSSR count). The minimum atomic E-state index is -4.36. The number of sulfonamides is 1. The third-order valence-corrected chi connectivity index (χ3v) is 17.2. The standard InChI is InChI=1S/C55H65N9O11S2/c1-4-35-30-55(35,53(70)63-77(72,73)38-19-11-7-12-20-38)62-51(68)44-28-37(75-45-29-40(34-17-9-6-10-18-34)58-41-27-36(74-3)24-25-39(41)45)32-64(44)52(69)42(31-57-47(65)5-2)59-49(67)23-13-8-16-26-56-48(66)22-15-14-21-46-50-43(33-76-46)60-54(71)61-50/h4-7,9-12,17-20,24-25,27,29,35,37,42-44,46,50H,1-2,8,13-16,21-23,26,28,30-33H2,3H3,(H,56,66)(H,57,65)(H,59,67)(H,62,68)(H,63,70)(H2,60,61,71)/t35-,37-,42?,43+,44+,46+,50+,55-/m1/s1. The van der Waals surface area contributed by atoms with Gasteiger partial charge >= 0.3 is 6.03 Å². The van der Waals surface area contributed by atoms with Gasteiger partial charge in [0.25, 0.3) is 15.9 Å². The molecule has 3 saturated heterocycles. The van der Waals surface area contributed by atoms with Crippen LogP contribution in [0.2, 0.25) is 0 Å². The molecule has 3 aromatic carbocycles. The number of carbonyl (C=O) groups is 7. The topological polar surface area (TPSA) is 272 Å². The van der Waals surface area contributed by atoms with Crippen molar-refractivity contribution >= 4 is 74.2 Å². The number of thioether (sulfide) groups is 1. The molecule has 4 aromatic rings. The molecule has 1 aromatic heterocycles. The third kappa shape index (κ3) is 13.8. The Morgan fingerprint density at radius 1 is 0.909 bits per heavy atom. The first-order valence-corrected chi connectivity index (χ1v) is 28.4. The number of pyridine rings is 1. The molecule has 1 saturated carbocycles. The summed E-state index contributed by atoms with van der Waals surface area (Å²) in [5, 5.41) is 17.9. The lowest BCUT2D eigenvalue weighted by atomic mass is 10.0. The van der Waals surface area contributed by atoms with Crippen molar-refractivity contribution in [1.82, 2.24) is 46.5 Å². The highest BCUT2D eigenvalue weighted by molar-refractivity contribution is 8.00. The van der Waals surface area contributed by atoms with Crippen LogP contribution in [0, 0.1) is 5.92 Å². The molecule has 8 amide bonds. The van der Waals surface area contributed by atoms with Gasteiger partial charge in [-0.05, 0) is 62.4 Å². The van der Waals surface area contributed by atoms with Gasteiger partial charge in [-0.15, -0.1) is 6.58 Å². The van der Waals surface area contributed by atoms with E-state index in [1.807, 2.05) is 42.1 Å². The number of hydrogen-bond acceptors (Lipinski definition) is 13. The van der Waals surface area contributed by atoms with Crippen LogP contribution in [0.1, 0.15) is 64.2 Å². The molecule has 0 spiro atoms. The van der Waals surface area contributed by atoms with Gasteiger partial charge in [0, 0.05) is 72.4 Å². The van der Waals surface area contributed by atoms with E-state index in [2.05, 4.69) is 49.8 Å². The average Bonchev–Trinajstić information content (AvgIpc) is 3.82. The number of nitrogens with one attached hydrogen (secondary N) is 7. The van der Waals surface area contributed by atoms with Crippen LogP contribution in [-0.4, -0.2) is 133 Å². The van der Waals surface area contributed by atoms with E-state index in [9.17, 15) is 42.0 Å². The molecule has 0 bridgehead atoms. The number of hydrogen-bond donors (Lipinski definition) is 7. The van der Waals surface area contributed by atoms with Crippen LogP contribution in [0.5, 0.6) is 11.5 Å². The average molecular weight is 1090 g/mol. The van der Waals surface area contributed by atoms with E-state index in [1.165, 1.54) is 35.2 Å². The normalized spacial score (nSPS) is 22.6. The number of likely N-dealkylation sites (tertiary alicyclic amines) is 1. The van der Waals surface area contributed by atoms with Crippen molar-refractivity contribution in [2.75, 3.05) is 32.5 Å². The second-order valence-electron chi connectivity index (χ2n) is 19.6. The molecule has 408 valence electrons. The lowest BCUT2D eigenvalue weighted by molar-refractivity contribution is -0.142. The number of aromatic nitrogens is 1. The van der Waals surface area contributed by atoms with Crippen LogP contribution in [0.3, 0.4) is 0 Å². The number of amides is 8. The Hall–Kier alpha value is -7.46. The van der Waals surface area contributed by atoms with Crippen molar-refractivity contribution in [2.45, 2.75) is 110 Å². The molecule has 1 aliphatic carbocycles. The maximum Gasteiger partial charge on any atom is 0.315 e. The van der Waals surface area contributed by atoms with Gasteiger partial charge in [0.2, 0.25) is 29.5 Å². The number of fused-ring (bicyclic) bond motifs is 2. The summed E-state index contributed by atoms with van der Waals surface area (Å²) in [4.78, 5) is 100. The number of rotatable bonds is 26. The molecule has 1 unspecified atom stereocenters. The number of unbranched alkanes of at least 4 members (excludes halogenated alkanes) is 3. The van der Waals surface area contributed by atoms with Crippen molar-refractivity contribution in [3.05, 3.63) is 110 Å². The van der Waals surface area contributed by atoms with Crippen LogP contribution in [0.4, 0.5) is 4.79 Å². The van der Waals surface area contributed by atoms with E-state index in [-0.39, 0.29) is 61.3 Å². The highest BCUT2D eigenvalue weighted by atomic mass is 32.2. The number of ether oxygens (including phenoxy) is 2. The largest absolute Gasteiger partial charge is 0.497 e. The summed E-state index contributed by atoms with van der Waals surface area (Å²) < 4.78 is 41.0. The maximum atomic E-state index is 14.9. The van der Waals surface area contributed by atoms with Crippen molar-refractivity contribution in [3.63, 3.8) is 0 Å². The van der Waals surface area contributed by atoms with E-state index < -0.39 is 69.2 Å². The van der Waals surface area contributed by atoms with Gasteiger partial charge in [0.05, 0.1) is 41.8 Å². The van der Waals surface area contributed by atoms with Crippen LogP contribution in [0.25, 0.3) is 22.2 Å². The molecule has 4 heterocycles. The fraction of sp³-hybridized carbons (Fsp3) is 0.418. The number of benzene rings is 3. The van der Waals surface area contributed by atoms with Gasteiger partial charge in [0.15, 0.2) is 0 Å². The summed E-state index contributed by atoms with van der Waals surface area (Å²) in [6, 6.07) is 21.3. The Kier molecular flexibility index (Phi) is 18.2. The SMILES string of the molecule is C=CC(=O)NCC(NC(=O)CCCCCNC(=O)CCCC[C@@H]1SC[C@@H]2NC(=O)N[C@@H]21)C(=O)N1C[C@H](Oc2cc(-c3ccccc3)nc3cc(OC)ccc23)C[C@H]1C(=O)N[C@]1(C(=O)NS(=O)(=O)c2ccccc2)C[C@H]1C=C. The monoisotopic (exact) mass is 1090 g/mol. The minimum Gasteiger partial charge on any atom is -0.497 e. The second-order valence-corrected chi connectivity index (χ2v) is 22.5. The highest BCUT2D eigenvalue weighted by Crippen LogP contribution is 2.45. The molecule has 3 aliphatic heterocycles. The van der Waals surface area contributed by atoms with Crippen molar-refractivity contribution < 1.29 is 51.5 Å². The minimum absolute atomic E-state index is 0.00982. The zero-order valence-corrected chi connectivity index (χ0v) is 44.4. The summed E-state index contributed by atoms with van der Waals surface area (Å²) in [5.74, 6) is -2.51. The van der Waals surface area contributed by atoms with Gasteiger partial charge in [-0.25, -0.2) is 22.9 Å². The number of nitrogens with zero attached hydrogens (tertiary/aromatic N) is 2. The molecule has 0 radical (unpaired) electrons. The summed E-state index contributed by atoms with van der Waals surface area (Å²) in [7, 11) is -2.82. The van der Waals surface area contributed by atoms with Gasteiger partial charge in [-0.2, -0.15) is 11.8 Å². The van der Waals surface area contributed by atoms with Crippen LogP contribution >= 0.6 is 11.8 Å². The first-order valence-electron chi connectivity index (χ1n) is 25.8. The van der Waals surface area contributed by atoms with Crippen molar-refractivity contribution in [1.29, 1.82) is 0 Å². The molecule has 8 atom stereocenters. The molecule has 20 nitrogen and oxygen atoms in total. The fourth-order valence-electron chi connectivity index (χ4n) is 10.0. The van der Waals surface area contributed by atoms with Crippen LogP contribution in [0.15, 0.2) is 115 Å². The van der Waals surface area contributed by atoms with Gasteiger partial charge in [0.1, 0.15) is 35.2 Å². The van der Waals surface area contributed by atoms with E-state index in [0.29, 0.717) is 65.6 Å². The molecule has 4 aliphatic rings. The van der Waals surface area contributed by atoms with E-state index >= 15 is 0 Å². The summed E-state index contributed by atoms with van der Waals surface area (Å²) in [6.45, 7) is 7.17. The predicted octanol–water partition coefficient (Wildman–Crippen LogP) is 4.01. The molecular weight excluding hydrogens is 1030 g/mol. The van der Waals surface area contributed by atoms with Gasteiger partial charge < -0.3 is 46.3 Å². The highest BCUT2D eigenvalue weighted by Gasteiger charge is 2.61. The van der Waals surface area contributed by atoms with E-state index in [4.69, 9.17) is 14.5 Å². The Morgan fingerprint density at radius 3 is 2.38 bits per heavy atom. The van der Waals surface area contributed by atoms with Crippen molar-refractivity contribution in [3.8, 4) is 22.8 Å². The Balaban J connectivity index is 0.946. The maximum absolute atomic E-state index is 14.9. The molecule has 77 heavy (non-hydrogen) atoms. The number of urea groups is 1. The zero-order chi connectivity index (χ0) is 54.7. The molecular formula is C55H65N9O11S2. The summed E-state index contributed by atoms with van der Waals surface area (Å²) in [5.41, 5.74) is 0.188. The van der Waals surface area contributed by atoms with Crippen LogP contribution in [-0.2, 0) is 38.8 Å². The summed E-state index contributed by atoms with van der Waals surface area (Å²) in [6.07, 6.45) is 6.05. The lowest BCUT2D eigenvalue weighted by Crippen LogP contribution is -2.59. The van der Waals surface area contributed by atoms with Gasteiger partial charge in [-0.1, -0.05) is 74.0 Å². The first-order chi connectivity index (χ1) is 37.1. The Morgan fingerprint density at radius 2 is 1.65 bits per heavy atom. The van der Waals surface area contributed by atoms with E-state index in [1.54, 1.807) is 37.4 Å². The zero-order valence-electron chi connectivity index (χ0n) is 42.8. The van der Waals surface area contributed by atoms with Gasteiger partial charge in [-0.3, -0.25) is 28.8 Å². The summed E-state index contributed by atoms with van der Waals surface area (Å²) >= 11 is 1.84. The third-order valence-electron chi connectivity index (χ3n) is 14.3. The number of carbonyl (C=O) groups excluding carboxylic acids is 7. The smallest absolute Gasteiger partial charge is 0.315 e.